The van der Waals surface area contributed by atoms with E-state index in [0.29, 0.717) is 11.7 Å². The van der Waals surface area contributed by atoms with Gasteiger partial charge in [-0.05, 0) is 30.9 Å². The van der Waals surface area contributed by atoms with Crippen LogP contribution in [-0.4, -0.2) is 30.3 Å². The van der Waals surface area contributed by atoms with E-state index in [1.807, 2.05) is 0 Å². The molecule has 0 bridgehead atoms. The summed E-state index contributed by atoms with van der Waals surface area (Å²) in [6.45, 7) is 0.197. The molecule has 1 aromatic rings. The highest BCUT2D eigenvalue weighted by Crippen LogP contribution is 2.75. The van der Waals surface area contributed by atoms with Crippen molar-refractivity contribution < 1.29 is 19.0 Å². The van der Waals surface area contributed by atoms with Gasteiger partial charge in [0.15, 0.2) is 0 Å². The molecule has 2 N–H and O–H groups in total. The number of fused-ring (bicyclic) bond motifs is 1. The Bertz CT molecular complexity index is 499. The number of hydrogen-bond acceptors (Lipinski definition) is 3. The zero-order valence-electron chi connectivity index (χ0n) is 10.4. The molecule has 2 fully saturated rings. The third-order valence-corrected chi connectivity index (χ3v) is 3.87. The average Bonchev–Trinajstić information content (AvgIpc) is 3.22. The molecule has 5 heteroatoms. The minimum Gasteiger partial charge on any atom is -0.491 e. The molecule has 0 radical (unpaired) electrons. The van der Waals surface area contributed by atoms with Crippen molar-refractivity contribution in [2.75, 3.05) is 13.2 Å². The molecule has 0 heterocycles. The van der Waals surface area contributed by atoms with Crippen molar-refractivity contribution in [1.29, 1.82) is 0 Å². The maximum absolute atomic E-state index is 12.9. The van der Waals surface area contributed by atoms with Crippen molar-refractivity contribution in [3.8, 4) is 5.75 Å². The number of ether oxygens (including phenoxy) is 1. The number of aliphatic hydroxyl groups is 1. The number of aliphatic hydroxyl groups excluding tert-OH is 1. The summed E-state index contributed by atoms with van der Waals surface area (Å²) in [6.07, 6.45) is 1.20. The fraction of sp³-hybridized carbons (Fsp3) is 0.500. The Labute approximate surface area is 110 Å². The molecule has 0 saturated heterocycles. The highest BCUT2D eigenvalue weighted by Gasteiger charge is 2.74. The average molecular weight is 265 g/mol. The van der Waals surface area contributed by atoms with Crippen molar-refractivity contribution in [2.24, 2.45) is 11.3 Å². The fourth-order valence-corrected chi connectivity index (χ4v) is 2.27. The predicted octanol–water partition coefficient (Wildman–Crippen LogP) is 1.09. The molecular weight excluding hydrogens is 249 g/mol. The Kier molecular flexibility index (Phi) is 2.93. The molecule has 1 aromatic carbocycles. The van der Waals surface area contributed by atoms with Gasteiger partial charge in [0.25, 0.3) is 0 Å². The highest BCUT2D eigenvalue weighted by atomic mass is 19.1. The van der Waals surface area contributed by atoms with Crippen LogP contribution in [0, 0.1) is 17.2 Å². The van der Waals surface area contributed by atoms with E-state index >= 15 is 0 Å². The van der Waals surface area contributed by atoms with Gasteiger partial charge < -0.3 is 15.2 Å². The monoisotopic (exact) mass is 265 g/mol. The molecular formula is C14H16FNO3. The van der Waals surface area contributed by atoms with Gasteiger partial charge in [-0.3, -0.25) is 4.79 Å². The van der Waals surface area contributed by atoms with Crippen LogP contribution in [0.15, 0.2) is 24.3 Å². The van der Waals surface area contributed by atoms with Crippen LogP contribution in [0.4, 0.5) is 4.39 Å². The quantitative estimate of drug-likeness (QED) is 0.809. The number of halogens is 1. The largest absolute Gasteiger partial charge is 0.491 e. The number of amides is 1. The standard InChI is InChI=1S/C14H16FNO3/c15-10-2-1-3-12(4-10)19-8-11(17)7-16-13(18)14-5-9(14)6-14/h1-4,9,11,17H,5-8H2,(H,16,18). The third-order valence-electron chi connectivity index (χ3n) is 3.87. The smallest absolute Gasteiger partial charge is 0.226 e. The van der Waals surface area contributed by atoms with Gasteiger partial charge in [0.2, 0.25) is 5.91 Å². The van der Waals surface area contributed by atoms with Gasteiger partial charge in [-0.25, -0.2) is 4.39 Å². The molecule has 0 spiro atoms. The van der Waals surface area contributed by atoms with Gasteiger partial charge in [-0.2, -0.15) is 0 Å². The summed E-state index contributed by atoms with van der Waals surface area (Å²) < 4.78 is 18.1. The number of carbonyl (C=O) groups is 1. The van der Waals surface area contributed by atoms with Crippen LogP contribution in [0.25, 0.3) is 0 Å². The lowest BCUT2D eigenvalue weighted by molar-refractivity contribution is -0.124. The first-order chi connectivity index (χ1) is 9.10. The zero-order valence-corrected chi connectivity index (χ0v) is 10.4. The van der Waals surface area contributed by atoms with E-state index in [9.17, 15) is 14.3 Å². The van der Waals surface area contributed by atoms with Crippen LogP contribution >= 0.6 is 0 Å². The molecule has 1 unspecified atom stereocenters. The minimum absolute atomic E-state index is 0.0279. The summed E-state index contributed by atoms with van der Waals surface area (Å²) >= 11 is 0. The lowest BCUT2D eigenvalue weighted by atomic mass is 10.2. The van der Waals surface area contributed by atoms with E-state index in [2.05, 4.69) is 5.32 Å². The first-order valence-electron chi connectivity index (χ1n) is 6.45. The SMILES string of the molecule is O=C(NCC(O)COc1cccc(F)c1)C12CC1C2. The topological polar surface area (TPSA) is 58.6 Å². The van der Waals surface area contributed by atoms with Gasteiger partial charge in [-0.1, -0.05) is 6.07 Å². The molecule has 2 aliphatic carbocycles. The Balaban J connectivity index is 1.39. The summed E-state index contributed by atoms with van der Waals surface area (Å²) in [5.74, 6) is 0.622. The summed E-state index contributed by atoms with van der Waals surface area (Å²) in [5.41, 5.74) is -0.0802. The number of hydrogen-bond donors (Lipinski definition) is 2. The maximum atomic E-state index is 12.9. The number of nitrogens with one attached hydrogen (secondary N) is 1. The zero-order chi connectivity index (χ0) is 13.5. The van der Waals surface area contributed by atoms with Crippen molar-refractivity contribution in [2.45, 2.75) is 18.9 Å². The molecule has 0 aromatic heterocycles. The number of carbonyl (C=O) groups excluding carboxylic acids is 1. The molecule has 102 valence electrons. The Hall–Kier alpha value is -1.62. The van der Waals surface area contributed by atoms with Crippen molar-refractivity contribution >= 4 is 5.91 Å². The molecule has 2 saturated carbocycles. The number of rotatable bonds is 6. The van der Waals surface area contributed by atoms with E-state index in [0.717, 1.165) is 12.8 Å². The van der Waals surface area contributed by atoms with Crippen LogP contribution in [0.1, 0.15) is 12.8 Å². The summed E-state index contributed by atoms with van der Waals surface area (Å²) in [7, 11) is 0. The number of benzene rings is 1. The van der Waals surface area contributed by atoms with Crippen molar-refractivity contribution in [1.82, 2.24) is 5.32 Å². The van der Waals surface area contributed by atoms with Crippen molar-refractivity contribution in [3.63, 3.8) is 0 Å². The van der Waals surface area contributed by atoms with Gasteiger partial charge >= 0.3 is 0 Å². The van der Waals surface area contributed by atoms with Crippen LogP contribution < -0.4 is 10.1 Å². The summed E-state index contributed by atoms with van der Waals surface area (Å²) in [5, 5.41) is 12.4. The summed E-state index contributed by atoms with van der Waals surface area (Å²) in [6, 6.07) is 5.73. The van der Waals surface area contributed by atoms with E-state index in [1.54, 1.807) is 6.07 Å². The van der Waals surface area contributed by atoms with Gasteiger partial charge in [0.1, 0.15) is 24.3 Å². The van der Waals surface area contributed by atoms with Crippen LogP contribution in [0.2, 0.25) is 0 Å². The molecule has 19 heavy (non-hydrogen) atoms. The molecule has 2 aliphatic rings. The van der Waals surface area contributed by atoms with Crippen LogP contribution in [0.3, 0.4) is 0 Å². The van der Waals surface area contributed by atoms with Crippen LogP contribution in [-0.2, 0) is 4.79 Å². The molecule has 0 aliphatic heterocycles. The molecule has 4 nitrogen and oxygen atoms in total. The second kappa shape index (κ2) is 4.49. The second-order valence-corrected chi connectivity index (χ2v) is 5.39. The lowest BCUT2D eigenvalue weighted by Crippen LogP contribution is -2.37. The second-order valence-electron chi connectivity index (χ2n) is 5.39. The first kappa shape index (κ1) is 12.4. The third kappa shape index (κ3) is 2.56. The predicted molar refractivity (Wildman–Crippen MR) is 66.1 cm³/mol. The van der Waals surface area contributed by atoms with Gasteiger partial charge in [0.05, 0.1) is 5.41 Å². The fourth-order valence-electron chi connectivity index (χ4n) is 2.27. The van der Waals surface area contributed by atoms with Gasteiger partial charge in [0, 0.05) is 12.6 Å². The minimum atomic E-state index is -0.792. The highest BCUT2D eigenvalue weighted by molar-refractivity contribution is 5.90. The first-order valence-corrected chi connectivity index (χ1v) is 6.45. The van der Waals surface area contributed by atoms with E-state index in [4.69, 9.17) is 4.74 Å². The van der Waals surface area contributed by atoms with E-state index < -0.39 is 6.10 Å². The molecule has 3 rings (SSSR count). The lowest BCUT2D eigenvalue weighted by Gasteiger charge is -2.14. The molecule has 1 atom stereocenters. The molecule has 1 amide bonds. The Morgan fingerprint density at radius 3 is 2.95 bits per heavy atom. The van der Waals surface area contributed by atoms with Crippen molar-refractivity contribution in [3.05, 3.63) is 30.1 Å². The van der Waals surface area contributed by atoms with E-state index in [-0.39, 0.29) is 30.3 Å². The Morgan fingerprint density at radius 2 is 2.32 bits per heavy atom. The van der Waals surface area contributed by atoms with Gasteiger partial charge in [-0.15, -0.1) is 0 Å². The Morgan fingerprint density at radius 1 is 1.58 bits per heavy atom. The normalized spacial score (nSPS) is 28.2. The summed E-state index contributed by atoms with van der Waals surface area (Å²) in [4.78, 5) is 11.7. The van der Waals surface area contributed by atoms with E-state index in [1.165, 1.54) is 18.2 Å². The maximum Gasteiger partial charge on any atom is 0.226 e. The van der Waals surface area contributed by atoms with Crippen LogP contribution in [0.5, 0.6) is 5.75 Å².